The van der Waals surface area contributed by atoms with E-state index in [1.54, 1.807) is 11.3 Å². The summed E-state index contributed by atoms with van der Waals surface area (Å²) in [6.07, 6.45) is 4.32. The van der Waals surface area contributed by atoms with Crippen LogP contribution in [0.3, 0.4) is 0 Å². The Morgan fingerprint density at radius 3 is 2.60 bits per heavy atom. The molecule has 2 unspecified atom stereocenters. The zero-order valence-electron chi connectivity index (χ0n) is 9.37. The molecule has 1 nitrogen and oxygen atoms in total. The highest BCUT2D eigenvalue weighted by Crippen LogP contribution is 2.34. The fourth-order valence-corrected chi connectivity index (χ4v) is 3.27. The number of aliphatic hydroxyl groups is 1. The van der Waals surface area contributed by atoms with Crippen molar-refractivity contribution in [2.75, 3.05) is 0 Å². The van der Waals surface area contributed by atoms with E-state index in [4.69, 9.17) is 0 Å². The third kappa shape index (κ3) is 3.89. The quantitative estimate of drug-likeness (QED) is 0.801. The van der Waals surface area contributed by atoms with Crippen LogP contribution in [0.5, 0.6) is 0 Å². The summed E-state index contributed by atoms with van der Waals surface area (Å²) in [4.78, 5) is 1.09. The van der Waals surface area contributed by atoms with Crippen LogP contribution in [0.1, 0.15) is 50.5 Å². The summed E-state index contributed by atoms with van der Waals surface area (Å²) < 4.78 is 1.10. The fourth-order valence-electron chi connectivity index (χ4n) is 1.77. The molecule has 0 bridgehead atoms. The lowest BCUT2D eigenvalue weighted by atomic mass is 9.92. The Balaban J connectivity index is 2.59. The summed E-state index contributed by atoms with van der Waals surface area (Å²) >= 11 is 5.07. The van der Waals surface area contributed by atoms with Crippen molar-refractivity contribution in [3.05, 3.63) is 20.8 Å². The van der Waals surface area contributed by atoms with Crippen LogP contribution < -0.4 is 0 Å². The third-order valence-corrected chi connectivity index (χ3v) is 4.48. The van der Waals surface area contributed by atoms with Crippen LogP contribution in [-0.4, -0.2) is 5.11 Å². The molecule has 0 radical (unpaired) electrons. The molecule has 0 fully saturated rings. The molecule has 1 N–H and O–H groups in total. The van der Waals surface area contributed by atoms with Crippen LogP contribution in [0.4, 0.5) is 0 Å². The highest BCUT2D eigenvalue weighted by molar-refractivity contribution is 9.11. The van der Waals surface area contributed by atoms with Gasteiger partial charge in [-0.3, -0.25) is 0 Å². The summed E-state index contributed by atoms with van der Waals surface area (Å²) in [5, 5.41) is 10.2. The first-order valence-electron chi connectivity index (χ1n) is 5.62. The lowest BCUT2D eigenvalue weighted by molar-refractivity contribution is 0.102. The first-order valence-corrected chi connectivity index (χ1v) is 7.23. The Bertz CT molecular complexity index is 285. The van der Waals surface area contributed by atoms with Crippen LogP contribution in [0.15, 0.2) is 15.9 Å². The molecule has 15 heavy (non-hydrogen) atoms. The Hall–Kier alpha value is 0.140. The van der Waals surface area contributed by atoms with Crippen molar-refractivity contribution in [3.63, 3.8) is 0 Å². The molecule has 2 atom stereocenters. The monoisotopic (exact) mass is 290 g/mol. The van der Waals surface area contributed by atoms with Gasteiger partial charge >= 0.3 is 0 Å². The lowest BCUT2D eigenvalue weighted by Crippen LogP contribution is -2.10. The number of rotatable bonds is 6. The smallest absolute Gasteiger partial charge is 0.0910 e. The highest BCUT2D eigenvalue weighted by Gasteiger charge is 2.19. The minimum Gasteiger partial charge on any atom is -0.387 e. The predicted octanol–water partition coefficient (Wildman–Crippen LogP) is 4.76. The number of hydrogen-bond donors (Lipinski definition) is 1. The van der Waals surface area contributed by atoms with Crippen molar-refractivity contribution in [1.29, 1.82) is 0 Å². The van der Waals surface area contributed by atoms with Crippen LogP contribution in [0.2, 0.25) is 0 Å². The fraction of sp³-hybridized carbons (Fsp3) is 0.667. The molecule has 86 valence electrons. The van der Waals surface area contributed by atoms with E-state index >= 15 is 0 Å². The van der Waals surface area contributed by atoms with Gasteiger partial charge in [-0.2, -0.15) is 0 Å². The van der Waals surface area contributed by atoms with Crippen molar-refractivity contribution < 1.29 is 5.11 Å². The number of hydrogen-bond acceptors (Lipinski definition) is 2. The second-order valence-electron chi connectivity index (χ2n) is 3.90. The number of halogens is 1. The molecule has 1 rings (SSSR count). The van der Waals surface area contributed by atoms with Crippen molar-refractivity contribution >= 4 is 27.3 Å². The summed E-state index contributed by atoms with van der Waals surface area (Å²) in [5.41, 5.74) is 0. The predicted molar refractivity (Wildman–Crippen MR) is 70.3 cm³/mol. The van der Waals surface area contributed by atoms with Crippen LogP contribution in [0, 0.1) is 5.92 Å². The van der Waals surface area contributed by atoms with Crippen molar-refractivity contribution in [1.82, 2.24) is 0 Å². The molecule has 1 aromatic rings. The van der Waals surface area contributed by atoms with Gasteiger partial charge in [0.2, 0.25) is 0 Å². The molecule has 1 heterocycles. The van der Waals surface area contributed by atoms with E-state index in [2.05, 4.69) is 29.8 Å². The largest absolute Gasteiger partial charge is 0.387 e. The van der Waals surface area contributed by atoms with Gasteiger partial charge in [0.25, 0.3) is 0 Å². The molecular weight excluding hydrogens is 272 g/mol. The molecule has 0 saturated carbocycles. The minimum absolute atomic E-state index is 0.280. The van der Waals surface area contributed by atoms with E-state index in [0.29, 0.717) is 5.92 Å². The van der Waals surface area contributed by atoms with Gasteiger partial charge in [-0.15, -0.1) is 11.3 Å². The van der Waals surface area contributed by atoms with Gasteiger partial charge in [0, 0.05) is 4.88 Å². The maximum Gasteiger partial charge on any atom is 0.0910 e. The topological polar surface area (TPSA) is 20.2 Å². The Morgan fingerprint density at radius 2 is 2.13 bits per heavy atom. The molecule has 0 saturated heterocycles. The first-order chi connectivity index (χ1) is 7.19. The molecule has 0 aromatic carbocycles. The number of unbranched alkanes of at least 4 members (excludes halogenated alkanes) is 1. The van der Waals surface area contributed by atoms with Crippen LogP contribution in [-0.2, 0) is 0 Å². The summed E-state index contributed by atoms with van der Waals surface area (Å²) in [6, 6.07) is 4.03. The van der Waals surface area contributed by atoms with Gasteiger partial charge < -0.3 is 5.11 Å². The van der Waals surface area contributed by atoms with Gasteiger partial charge in [0.1, 0.15) is 0 Å². The van der Waals surface area contributed by atoms with E-state index in [-0.39, 0.29) is 6.10 Å². The SMILES string of the molecule is CCCCC(CC)C(O)c1ccc(Br)s1. The van der Waals surface area contributed by atoms with Gasteiger partial charge in [-0.25, -0.2) is 0 Å². The summed E-state index contributed by atoms with van der Waals surface area (Å²) in [7, 11) is 0. The maximum atomic E-state index is 10.2. The molecular formula is C12H19BrOS. The number of aliphatic hydroxyl groups excluding tert-OH is 1. The highest BCUT2D eigenvalue weighted by atomic mass is 79.9. The van der Waals surface area contributed by atoms with Crippen LogP contribution >= 0.6 is 27.3 Å². The Kier molecular flexibility index (Phi) is 5.87. The minimum atomic E-state index is -0.280. The maximum absolute atomic E-state index is 10.2. The molecule has 0 aliphatic carbocycles. The normalized spacial score (nSPS) is 15.2. The average molecular weight is 291 g/mol. The molecule has 0 spiro atoms. The van der Waals surface area contributed by atoms with Gasteiger partial charge in [0.05, 0.1) is 9.89 Å². The van der Waals surface area contributed by atoms with E-state index in [0.717, 1.165) is 21.5 Å². The molecule has 1 aromatic heterocycles. The van der Waals surface area contributed by atoms with E-state index in [9.17, 15) is 5.11 Å². The van der Waals surface area contributed by atoms with Crippen molar-refractivity contribution in [2.45, 2.75) is 45.6 Å². The van der Waals surface area contributed by atoms with E-state index in [1.165, 1.54) is 12.8 Å². The molecule has 0 aliphatic heterocycles. The average Bonchev–Trinajstić information content (AvgIpc) is 2.65. The summed E-state index contributed by atoms with van der Waals surface area (Å²) in [5.74, 6) is 0.412. The molecule has 3 heteroatoms. The Labute approximate surface area is 105 Å². The standard InChI is InChI=1S/C12H19BrOS/c1-3-5-6-9(4-2)12(14)10-7-8-11(13)15-10/h7-9,12,14H,3-6H2,1-2H3. The van der Waals surface area contributed by atoms with Crippen molar-refractivity contribution in [3.8, 4) is 0 Å². The third-order valence-electron chi connectivity index (χ3n) is 2.78. The zero-order chi connectivity index (χ0) is 11.3. The second kappa shape index (κ2) is 6.66. The Morgan fingerprint density at radius 1 is 1.40 bits per heavy atom. The number of thiophene rings is 1. The first kappa shape index (κ1) is 13.2. The molecule has 0 aliphatic rings. The van der Waals surface area contributed by atoms with Gasteiger partial charge in [-0.1, -0.05) is 33.1 Å². The van der Waals surface area contributed by atoms with E-state index in [1.807, 2.05) is 12.1 Å². The van der Waals surface area contributed by atoms with Gasteiger partial charge in [0.15, 0.2) is 0 Å². The van der Waals surface area contributed by atoms with Gasteiger partial charge in [-0.05, 0) is 40.4 Å². The lowest BCUT2D eigenvalue weighted by Gasteiger charge is -2.20. The van der Waals surface area contributed by atoms with E-state index < -0.39 is 0 Å². The molecule has 0 amide bonds. The summed E-state index contributed by atoms with van der Waals surface area (Å²) in [6.45, 7) is 4.35. The zero-order valence-corrected chi connectivity index (χ0v) is 11.8. The second-order valence-corrected chi connectivity index (χ2v) is 6.39. The van der Waals surface area contributed by atoms with Crippen molar-refractivity contribution in [2.24, 2.45) is 5.92 Å². The van der Waals surface area contributed by atoms with Crippen LogP contribution in [0.25, 0.3) is 0 Å².